The van der Waals surface area contributed by atoms with E-state index in [-0.39, 0.29) is 0 Å². The van der Waals surface area contributed by atoms with Crippen LogP contribution in [0.25, 0.3) is 0 Å². The van der Waals surface area contributed by atoms with Crippen LogP contribution in [0, 0.1) is 11.6 Å². The smallest absolute Gasteiger partial charge is 0.133 e. The summed E-state index contributed by atoms with van der Waals surface area (Å²) in [6.45, 7) is 4.14. The molecule has 2 nitrogen and oxygen atoms in total. The zero-order chi connectivity index (χ0) is 13.8. The van der Waals surface area contributed by atoms with E-state index in [1.54, 1.807) is 11.8 Å². The van der Waals surface area contributed by atoms with Crippen molar-refractivity contribution < 1.29 is 0 Å². The molecule has 1 aromatic heterocycles. The predicted molar refractivity (Wildman–Crippen MR) is 84.5 cm³/mol. The quantitative estimate of drug-likeness (QED) is 0.639. The zero-order valence-electron chi connectivity index (χ0n) is 10.9. The molecule has 0 unspecified atom stereocenters. The molecule has 100 valence electrons. The molecule has 19 heavy (non-hydrogen) atoms. The van der Waals surface area contributed by atoms with Crippen molar-refractivity contribution in [3.63, 3.8) is 0 Å². The molecular weight excluding hydrogens is 296 g/mol. The molecule has 5 heteroatoms. The summed E-state index contributed by atoms with van der Waals surface area (Å²) in [6.07, 6.45) is 0.913. The maximum atomic E-state index is 5.96. The van der Waals surface area contributed by atoms with Gasteiger partial charge in [-0.1, -0.05) is 36.8 Å². The van der Waals surface area contributed by atoms with E-state index in [1.165, 1.54) is 0 Å². The fourth-order valence-electron chi connectivity index (χ4n) is 1.86. The van der Waals surface area contributed by atoms with Gasteiger partial charge in [0.2, 0.25) is 0 Å². The number of hydrogen-bond acceptors (Lipinski definition) is 3. The number of H-pyrrole nitrogens is 1. The van der Waals surface area contributed by atoms with Gasteiger partial charge in [-0.2, -0.15) is 0 Å². The van der Waals surface area contributed by atoms with E-state index in [0.29, 0.717) is 4.64 Å². The summed E-state index contributed by atoms with van der Waals surface area (Å²) in [5.74, 6) is 1.67. The number of aryl methyl sites for hydroxylation is 1. The van der Waals surface area contributed by atoms with Crippen molar-refractivity contribution in [2.45, 2.75) is 30.9 Å². The number of benzene rings is 1. The minimum Gasteiger partial charge on any atom is -0.346 e. The van der Waals surface area contributed by atoms with Crippen LogP contribution in [0.3, 0.4) is 0 Å². The Balaban J connectivity index is 2.14. The Morgan fingerprint density at radius 2 is 2.21 bits per heavy atom. The van der Waals surface area contributed by atoms with Gasteiger partial charge in [0.05, 0.1) is 5.75 Å². The third-order valence-corrected chi connectivity index (χ3v) is 4.38. The summed E-state index contributed by atoms with van der Waals surface area (Å²) in [7, 11) is 0. The van der Waals surface area contributed by atoms with Gasteiger partial charge < -0.3 is 4.98 Å². The summed E-state index contributed by atoms with van der Waals surface area (Å²) in [4.78, 5) is 8.90. The molecule has 0 bridgehead atoms. The molecule has 0 aliphatic rings. The number of nitrogens with zero attached hydrogens (tertiary/aromatic N) is 1. The van der Waals surface area contributed by atoms with Crippen molar-refractivity contribution in [2.24, 2.45) is 0 Å². The van der Waals surface area contributed by atoms with E-state index in [0.717, 1.165) is 39.2 Å². The first-order valence-corrected chi connectivity index (χ1v) is 7.84. The average Bonchev–Trinajstić information content (AvgIpc) is 2.36. The van der Waals surface area contributed by atoms with E-state index in [1.807, 2.05) is 31.2 Å². The molecule has 0 fully saturated rings. The molecule has 0 aliphatic carbocycles. The first-order chi connectivity index (χ1) is 9.10. The lowest BCUT2D eigenvalue weighted by atomic mass is 10.2. The van der Waals surface area contributed by atoms with Crippen LogP contribution in [0.1, 0.15) is 24.0 Å². The van der Waals surface area contributed by atoms with Gasteiger partial charge in [0.1, 0.15) is 10.5 Å². The number of aromatic amines is 1. The third-order valence-electron chi connectivity index (χ3n) is 2.80. The van der Waals surface area contributed by atoms with Crippen LogP contribution in [-0.2, 0) is 12.2 Å². The van der Waals surface area contributed by atoms with Crippen molar-refractivity contribution in [1.82, 2.24) is 9.97 Å². The Bertz CT molecular complexity index is 638. The van der Waals surface area contributed by atoms with E-state index in [2.05, 4.69) is 16.9 Å². The molecule has 0 aliphatic heterocycles. The molecule has 2 aromatic rings. The van der Waals surface area contributed by atoms with E-state index >= 15 is 0 Å². The van der Waals surface area contributed by atoms with Crippen molar-refractivity contribution in [1.29, 1.82) is 0 Å². The Morgan fingerprint density at radius 1 is 1.42 bits per heavy atom. The average molecular weight is 311 g/mol. The second-order valence-electron chi connectivity index (χ2n) is 4.19. The van der Waals surface area contributed by atoms with Crippen LogP contribution >= 0.6 is 35.6 Å². The van der Waals surface area contributed by atoms with E-state index < -0.39 is 0 Å². The molecule has 0 spiro atoms. The van der Waals surface area contributed by atoms with Crippen LogP contribution in [0.15, 0.2) is 29.2 Å². The van der Waals surface area contributed by atoms with Crippen molar-refractivity contribution in [2.75, 3.05) is 0 Å². The number of thioether (sulfide) groups is 1. The normalized spacial score (nSPS) is 10.7. The zero-order valence-corrected chi connectivity index (χ0v) is 13.3. The van der Waals surface area contributed by atoms with Gasteiger partial charge in [-0.25, -0.2) is 4.98 Å². The van der Waals surface area contributed by atoms with Crippen molar-refractivity contribution in [3.05, 3.63) is 51.0 Å². The monoisotopic (exact) mass is 310 g/mol. The molecule has 2 rings (SSSR count). The number of rotatable bonds is 4. The fourth-order valence-corrected chi connectivity index (χ4v) is 3.35. The molecule has 0 saturated carbocycles. The van der Waals surface area contributed by atoms with Crippen LogP contribution in [-0.4, -0.2) is 9.97 Å². The summed E-state index contributed by atoms with van der Waals surface area (Å²) in [6, 6.07) is 7.82. The fraction of sp³-hybridized carbons (Fsp3) is 0.286. The molecule has 0 saturated heterocycles. The molecule has 1 aromatic carbocycles. The highest BCUT2D eigenvalue weighted by Crippen LogP contribution is 2.24. The van der Waals surface area contributed by atoms with Crippen molar-refractivity contribution in [3.8, 4) is 0 Å². The molecular formula is C14H15ClN2S2. The highest BCUT2D eigenvalue weighted by atomic mass is 35.5. The molecule has 0 atom stereocenters. The maximum Gasteiger partial charge on any atom is 0.133 e. The van der Waals surface area contributed by atoms with Gasteiger partial charge in [-0.15, -0.1) is 11.8 Å². The van der Waals surface area contributed by atoms with Crippen LogP contribution < -0.4 is 0 Å². The number of halogens is 1. The highest BCUT2D eigenvalue weighted by Gasteiger charge is 2.04. The van der Waals surface area contributed by atoms with E-state index in [9.17, 15) is 0 Å². The predicted octanol–water partition coefficient (Wildman–Crippen LogP) is 4.96. The first-order valence-electron chi connectivity index (χ1n) is 6.07. The molecule has 0 radical (unpaired) electrons. The lowest BCUT2D eigenvalue weighted by Gasteiger charge is -2.07. The SMILES string of the molecule is CCc1c(C)[nH]c(CSc2cccc(Cl)c2)nc1=S. The second kappa shape index (κ2) is 6.55. The number of hydrogen-bond donors (Lipinski definition) is 1. The largest absolute Gasteiger partial charge is 0.346 e. The van der Waals surface area contributed by atoms with Gasteiger partial charge in [-0.3, -0.25) is 0 Å². The summed E-state index contributed by atoms with van der Waals surface area (Å²) in [5.41, 5.74) is 2.25. The summed E-state index contributed by atoms with van der Waals surface area (Å²) < 4.78 is 0.709. The van der Waals surface area contributed by atoms with Gasteiger partial charge in [0.25, 0.3) is 0 Å². The Labute approximate surface area is 127 Å². The minimum atomic E-state index is 0.709. The topological polar surface area (TPSA) is 28.7 Å². The van der Waals surface area contributed by atoms with Crippen LogP contribution in [0.5, 0.6) is 0 Å². The molecule has 0 amide bonds. The van der Waals surface area contributed by atoms with Crippen molar-refractivity contribution >= 4 is 35.6 Å². The lowest BCUT2D eigenvalue weighted by molar-refractivity contribution is 0.927. The first kappa shape index (κ1) is 14.6. The van der Waals surface area contributed by atoms with Crippen LogP contribution in [0.4, 0.5) is 0 Å². The van der Waals surface area contributed by atoms with Gasteiger partial charge in [0.15, 0.2) is 0 Å². The summed E-state index contributed by atoms with van der Waals surface area (Å²) >= 11 is 13.0. The van der Waals surface area contributed by atoms with Gasteiger partial charge in [0, 0.05) is 21.2 Å². The Hall–Kier alpha value is -0.840. The van der Waals surface area contributed by atoms with Gasteiger partial charge >= 0.3 is 0 Å². The number of nitrogens with one attached hydrogen (secondary N) is 1. The lowest BCUT2D eigenvalue weighted by Crippen LogP contribution is -2.01. The van der Waals surface area contributed by atoms with E-state index in [4.69, 9.17) is 23.8 Å². The maximum absolute atomic E-state index is 5.96. The second-order valence-corrected chi connectivity index (χ2v) is 6.06. The minimum absolute atomic E-state index is 0.709. The Kier molecular flexibility index (Phi) is 5.02. The Morgan fingerprint density at radius 3 is 2.84 bits per heavy atom. The van der Waals surface area contributed by atoms with Gasteiger partial charge in [-0.05, 0) is 31.5 Å². The number of aromatic nitrogens is 2. The third kappa shape index (κ3) is 3.81. The molecule has 1 N–H and O–H groups in total. The standard InChI is InChI=1S/C14H15ClN2S2/c1-3-12-9(2)16-13(17-14(12)18)8-19-11-6-4-5-10(15)7-11/h4-7H,3,8H2,1-2H3,(H,16,17,18). The summed E-state index contributed by atoms with van der Waals surface area (Å²) in [5, 5.41) is 0.753. The molecule has 1 heterocycles. The van der Waals surface area contributed by atoms with Crippen LogP contribution in [0.2, 0.25) is 5.02 Å². The highest BCUT2D eigenvalue weighted by molar-refractivity contribution is 7.98.